The number of benzene rings is 1. The van der Waals surface area contributed by atoms with Crippen LogP contribution >= 0.6 is 11.8 Å². The maximum Gasteiger partial charge on any atom is 0.316 e. The minimum Gasteiger partial charge on any atom is -0.480 e. The van der Waals surface area contributed by atoms with E-state index in [-0.39, 0.29) is 23.5 Å². The molecule has 2 N–H and O–H groups in total. The van der Waals surface area contributed by atoms with Gasteiger partial charge in [-0.25, -0.2) is 0 Å². The molecule has 1 saturated carbocycles. The molecule has 6 heteroatoms. The van der Waals surface area contributed by atoms with Crippen molar-refractivity contribution < 1.29 is 19.4 Å². The van der Waals surface area contributed by atoms with Crippen molar-refractivity contribution in [3.8, 4) is 0 Å². The number of amides is 1. The van der Waals surface area contributed by atoms with Gasteiger partial charge in [-0.3, -0.25) is 9.59 Å². The van der Waals surface area contributed by atoms with Gasteiger partial charge in [-0.1, -0.05) is 26.0 Å². The number of carbonyl (C=O) groups excluding carboxylic acids is 1. The first-order valence-electron chi connectivity index (χ1n) is 8.71. The van der Waals surface area contributed by atoms with E-state index in [1.165, 1.54) is 11.8 Å². The van der Waals surface area contributed by atoms with Gasteiger partial charge in [0.1, 0.15) is 5.25 Å². The van der Waals surface area contributed by atoms with E-state index in [1.807, 2.05) is 6.07 Å². The molecule has 138 valence electrons. The Bertz CT molecular complexity index is 630. The Hall–Kier alpha value is -1.53. The van der Waals surface area contributed by atoms with Crippen LogP contribution in [0.5, 0.6) is 0 Å². The molecule has 2 rings (SSSR count). The highest BCUT2D eigenvalue weighted by molar-refractivity contribution is 8.00. The monoisotopic (exact) mass is 365 g/mol. The van der Waals surface area contributed by atoms with Crippen LogP contribution in [0.3, 0.4) is 0 Å². The largest absolute Gasteiger partial charge is 0.480 e. The number of thioether (sulfide) groups is 1. The summed E-state index contributed by atoms with van der Waals surface area (Å²) in [6.07, 6.45) is 2.87. The van der Waals surface area contributed by atoms with E-state index in [0.29, 0.717) is 10.5 Å². The van der Waals surface area contributed by atoms with E-state index in [4.69, 9.17) is 9.84 Å². The van der Waals surface area contributed by atoms with Crippen LogP contribution in [0.1, 0.15) is 50.4 Å². The summed E-state index contributed by atoms with van der Waals surface area (Å²) in [5, 5.41) is 11.7. The Labute approximate surface area is 153 Å². The molecule has 1 aromatic carbocycles. The second kappa shape index (κ2) is 8.23. The number of methoxy groups -OCH3 is 1. The lowest BCUT2D eigenvalue weighted by molar-refractivity contribution is -0.136. The first kappa shape index (κ1) is 19.8. The molecule has 1 aliphatic rings. The lowest BCUT2D eigenvalue weighted by Crippen LogP contribution is -2.64. The van der Waals surface area contributed by atoms with Gasteiger partial charge in [0.05, 0.1) is 11.7 Å². The van der Waals surface area contributed by atoms with Crippen molar-refractivity contribution in [1.82, 2.24) is 5.32 Å². The number of rotatable bonds is 8. The molecule has 0 saturated heterocycles. The lowest BCUT2D eigenvalue weighted by Gasteiger charge is -2.55. The third-order valence-electron chi connectivity index (χ3n) is 5.47. The lowest BCUT2D eigenvalue weighted by atomic mass is 9.58. The first-order chi connectivity index (χ1) is 11.9. The summed E-state index contributed by atoms with van der Waals surface area (Å²) < 4.78 is 5.58. The fourth-order valence-electron chi connectivity index (χ4n) is 3.71. The van der Waals surface area contributed by atoms with E-state index in [2.05, 4.69) is 19.2 Å². The fourth-order valence-corrected chi connectivity index (χ4v) is 4.64. The van der Waals surface area contributed by atoms with Gasteiger partial charge in [-0.05, 0) is 38.3 Å². The first-order valence-corrected chi connectivity index (χ1v) is 9.59. The van der Waals surface area contributed by atoms with Crippen molar-refractivity contribution >= 4 is 23.6 Å². The third kappa shape index (κ3) is 3.85. The van der Waals surface area contributed by atoms with Gasteiger partial charge in [0.25, 0.3) is 5.91 Å². The zero-order valence-corrected chi connectivity index (χ0v) is 16.1. The van der Waals surface area contributed by atoms with Crippen LogP contribution in [-0.2, 0) is 9.53 Å². The van der Waals surface area contributed by atoms with Crippen molar-refractivity contribution in [3.63, 3.8) is 0 Å². The zero-order valence-electron chi connectivity index (χ0n) is 15.2. The smallest absolute Gasteiger partial charge is 0.316 e. The van der Waals surface area contributed by atoms with Crippen LogP contribution in [0.25, 0.3) is 0 Å². The topological polar surface area (TPSA) is 75.6 Å². The molecule has 1 fully saturated rings. The highest BCUT2D eigenvalue weighted by atomic mass is 32.2. The molecule has 5 nitrogen and oxygen atoms in total. The normalized spacial score (nSPS) is 22.7. The van der Waals surface area contributed by atoms with Gasteiger partial charge in [0.2, 0.25) is 0 Å². The number of carboxylic acid groups (broad SMARTS) is 1. The maximum atomic E-state index is 12.8. The highest BCUT2D eigenvalue weighted by Crippen LogP contribution is 2.48. The predicted molar refractivity (Wildman–Crippen MR) is 99.1 cm³/mol. The average molecular weight is 365 g/mol. The summed E-state index contributed by atoms with van der Waals surface area (Å²) in [4.78, 5) is 24.6. The molecule has 1 aliphatic carbocycles. The molecule has 0 aromatic heterocycles. The molecule has 0 bridgehead atoms. The summed E-state index contributed by atoms with van der Waals surface area (Å²) in [5.74, 6) is -1.04. The summed E-state index contributed by atoms with van der Waals surface area (Å²) >= 11 is 1.19. The summed E-state index contributed by atoms with van der Waals surface area (Å²) in [6.45, 7) is 5.88. The van der Waals surface area contributed by atoms with E-state index < -0.39 is 11.2 Å². The van der Waals surface area contributed by atoms with E-state index in [9.17, 15) is 9.59 Å². The average Bonchev–Trinajstić information content (AvgIpc) is 2.59. The maximum absolute atomic E-state index is 12.8. The molecule has 0 radical (unpaired) electrons. The Morgan fingerprint density at radius 1 is 1.36 bits per heavy atom. The number of ether oxygens (including phenoxy) is 1. The number of aliphatic carboxylic acids is 1. The number of hydrogen-bond donors (Lipinski definition) is 2. The molecule has 3 atom stereocenters. The minimum atomic E-state index is -0.891. The molecule has 1 aromatic rings. The van der Waals surface area contributed by atoms with E-state index in [0.717, 1.165) is 19.3 Å². The molecular weight excluding hydrogens is 338 g/mol. The number of carboxylic acids is 1. The second-order valence-corrected chi connectivity index (χ2v) is 7.90. The SMILES string of the molecule is CCC1(CC)C(NC(=O)c2ccccc2SC(C)C(=O)O)CC1OC. The van der Waals surface area contributed by atoms with Crippen molar-refractivity contribution in [2.75, 3.05) is 7.11 Å². The molecule has 0 spiro atoms. The van der Waals surface area contributed by atoms with Crippen molar-refractivity contribution in [3.05, 3.63) is 29.8 Å². The van der Waals surface area contributed by atoms with Crippen LogP contribution in [0.2, 0.25) is 0 Å². The number of carbonyl (C=O) groups is 2. The molecule has 0 aliphatic heterocycles. The van der Waals surface area contributed by atoms with Crippen LogP contribution in [0, 0.1) is 5.41 Å². The quantitative estimate of drug-likeness (QED) is 0.689. The summed E-state index contributed by atoms with van der Waals surface area (Å²) in [7, 11) is 1.72. The van der Waals surface area contributed by atoms with Gasteiger partial charge >= 0.3 is 5.97 Å². The van der Waals surface area contributed by atoms with Gasteiger partial charge in [0.15, 0.2) is 0 Å². The zero-order chi connectivity index (χ0) is 18.6. The van der Waals surface area contributed by atoms with Crippen LogP contribution < -0.4 is 5.32 Å². The minimum absolute atomic E-state index is 0.0269. The van der Waals surface area contributed by atoms with Crippen LogP contribution in [-0.4, -0.2) is 41.5 Å². The Morgan fingerprint density at radius 3 is 2.56 bits per heavy atom. The van der Waals surface area contributed by atoms with Crippen molar-refractivity contribution in [2.24, 2.45) is 5.41 Å². The number of hydrogen-bond acceptors (Lipinski definition) is 4. The molecular formula is C19H27NO4S. The van der Waals surface area contributed by atoms with Gasteiger partial charge in [-0.15, -0.1) is 11.8 Å². The van der Waals surface area contributed by atoms with E-state index in [1.54, 1.807) is 32.2 Å². The van der Waals surface area contributed by atoms with Gasteiger partial charge < -0.3 is 15.2 Å². The van der Waals surface area contributed by atoms with Crippen molar-refractivity contribution in [1.29, 1.82) is 0 Å². The Kier molecular flexibility index (Phi) is 6.52. The molecule has 0 heterocycles. The van der Waals surface area contributed by atoms with Gasteiger partial charge in [-0.2, -0.15) is 0 Å². The molecule has 3 unspecified atom stereocenters. The second-order valence-electron chi connectivity index (χ2n) is 6.52. The Morgan fingerprint density at radius 2 is 2.00 bits per heavy atom. The standard InChI is InChI=1S/C19H27NO4S/c1-5-19(6-2)15(11-16(19)24-4)20-17(21)13-9-7-8-10-14(13)25-12(3)18(22)23/h7-10,12,15-16H,5-6,11H2,1-4H3,(H,20,21)(H,22,23). The Balaban J connectivity index is 2.15. The summed E-state index contributed by atoms with van der Waals surface area (Å²) in [5.41, 5.74) is 0.503. The van der Waals surface area contributed by atoms with Crippen molar-refractivity contribution in [2.45, 2.75) is 62.3 Å². The summed E-state index contributed by atoms with van der Waals surface area (Å²) in [6, 6.07) is 7.24. The number of nitrogens with one attached hydrogen (secondary N) is 1. The fraction of sp³-hybridized carbons (Fsp3) is 0.579. The van der Waals surface area contributed by atoms with Crippen LogP contribution in [0.4, 0.5) is 0 Å². The molecule has 1 amide bonds. The third-order valence-corrected chi connectivity index (χ3v) is 6.64. The van der Waals surface area contributed by atoms with Gasteiger partial charge in [0, 0.05) is 23.5 Å². The van der Waals surface area contributed by atoms with Crippen LogP contribution in [0.15, 0.2) is 29.2 Å². The predicted octanol–water partition coefficient (Wildman–Crippen LogP) is 3.58. The molecule has 25 heavy (non-hydrogen) atoms. The van der Waals surface area contributed by atoms with E-state index >= 15 is 0 Å². The highest BCUT2D eigenvalue weighted by Gasteiger charge is 2.53.